The van der Waals surface area contributed by atoms with Gasteiger partial charge in [0.15, 0.2) is 0 Å². The summed E-state index contributed by atoms with van der Waals surface area (Å²) in [7, 11) is 0. The van der Waals surface area contributed by atoms with Crippen molar-refractivity contribution >= 4 is 17.3 Å². The number of para-hydroxylation sites is 1. The van der Waals surface area contributed by atoms with E-state index >= 15 is 0 Å². The minimum atomic E-state index is -0.408. The highest BCUT2D eigenvalue weighted by Crippen LogP contribution is 2.30. The van der Waals surface area contributed by atoms with Gasteiger partial charge in [0.2, 0.25) is 0 Å². The number of halogens is 2. The molecule has 2 N–H and O–H groups in total. The molecule has 1 nitrogen and oxygen atoms in total. The van der Waals surface area contributed by atoms with Crippen molar-refractivity contribution in [2.75, 3.05) is 5.73 Å². The first-order chi connectivity index (χ1) is 7.59. The molecule has 3 heteroatoms. The Balaban J connectivity index is 2.59. The molecular formula is C13H11ClFN. The Morgan fingerprint density at radius 1 is 1.19 bits per heavy atom. The van der Waals surface area contributed by atoms with Crippen LogP contribution in [-0.4, -0.2) is 0 Å². The van der Waals surface area contributed by atoms with Gasteiger partial charge in [0.05, 0.1) is 5.69 Å². The van der Waals surface area contributed by atoms with Gasteiger partial charge in [-0.2, -0.15) is 0 Å². The zero-order valence-electron chi connectivity index (χ0n) is 8.80. The summed E-state index contributed by atoms with van der Waals surface area (Å²) >= 11 is 6.02. The van der Waals surface area contributed by atoms with E-state index in [2.05, 4.69) is 0 Å². The summed E-state index contributed by atoms with van der Waals surface area (Å²) in [5.41, 5.74) is 8.32. The highest BCUT2D eigenvalue weighted by atomic mass is 35.5. The molecule has 0 unspecified atom stereocenters. The van der Waals surface area contributed by atoms with Crippen molar-refractivity contribution in [2.45, 2.75) is 6.92 Å². The maximum atomic E-state index is 13.3. The van der Waals surface area contributed by atoms with Crippen molar-refractivity contribution in [3.63, 3.8) is 0 Å². The van der Waals surface area contributed by atoms with Crippen LogP contribution in [0.1, 0.15) is 5.56 Å². The van der Waals surface area contributed by atoms with Crippen LogP contribution < -0.4 is 5.73 Å². The van der Waals surface area contributed by atoms with E-state index in [1.165, 1.54) is 6.07 Å². The number of nitrogens with two attached hydrogens (primary N) is 1. The molecule has 0 amide bonds. The average Bonchev–Trinajstić information content (AvgIpc) is 2.26. The second kappa shape index (κ2) is 4.14. The van der Waals surface area contributed by atoms with Crippen molar-refractivity contribution in [3.05, 3.63) is 52.8 Å². The Morgan fingerprint density at radius 3 is 2.62 bits per heavy atom. The van der Waals surface area contributed by atoms with E-state index in [0.29, 0.717) is 10.6 Å². The number of hydrogen-bond acceptors (Lipinski definition) is 1. The monoisotopic (exact) mass is 235 g/mol. The van der Waals surface area contributed by atoms with Crippen molar-refractivity contribution in [2.24, 2.45) is 0 Å². The number of rotatable bonds is 1. The lowest BCUT2D eigenvalue weighted by Crippen LogP contribution is -1.94. The molecule has 0 spiro atoms. The summed E-state index contributed by atoms with van der Waals surface area (Å²) in [4.78, 5) is 0. The van der Waals surface area contributed by atoms with E-state index in [1.807, 2.05) is 19.1 Å². The van der Waals surface area contributed by atoms with Gasteiger partial charge in [0, 0.05) is 10.6 Å². The third kappa shape index (κ3) is 1.89. The molecular weight excluding hydrogens is 225 g/mol. The van der Waals surface area contributed by atoms with Gasteiger partial charge < -0.3 is 5.73 Å². The van der Waals surface area contributed by atoms with Gasteiger partial charge in [0.1, 0.15) is 5.82 Å². The minimum absolute atomic E-state index is 0.155. The quantitative estimate of drug-likeness (QED) is 0.742. The second-order valence-corrected chi connectivity index (χ2v) is 4.07. The first kappa shape index (κ1) is 11.0. The lowest BCUT2D eigenvalue weighted by Gasteiger charge is -2.08. The molecule has 0 atom stereocenters. The SMILES string of the molecule is Cc1ccc(-c2cccc(F)c2N)cc1Cl. The highest BCUT2D eigenvalue weighted by Gasteiger charge is 2.07. The van der Waals surface area contributed by atoms with Crippen molar-refractivity contribution < 1.29 is 4.39 Å². The Hall–Kier alpha value is -1.54. The number of hydrogen-bond donors (Lipinski definition) is 1. The molecule has 0 heterocycles. The Morgan fingerprint density at radius 2 is 1.94 bits per heavy atom. The molecule has 2 aromatic carbocycles. The van der Waals surface area contributed by atoms with Gasteiger partial charge in [-0.15, -0.1) is 0 Å². The Bertz CT molecular complexity index is 537. The van der Waals surface area contributed by atoms with E-state index in [-0.39, 0.29) is 5.69 Å². The molecule has 0 aliphatic carbocycles. The summed E-state index contributed by atoms with van der Waals surface area (Å²) in [5.74, 6) is -0.408. The van der Waals surface area contributed by atoms with Crippen LogP contribution >= 0.6 is 11.6 Å². The van der Waals surface area contributed by atoms with Crippen LogP contribution in [0.3, 0.4) is 0 Å². The largest absolute Gasteiger partial charge is 0.396 e. The number of anilines is 1. The van der Waals surface area contributed by atoms with Crippen LogP contribution in [-0.2, 0) is 0 Å². The van der Waals surface area contributed by atoms with Crippen LogP contribution in [0.25, 0.3) is 11.1 Å². The topological polar surface area (TPSA) is 26.0 Å². The molecule has 82 valence electrons. The molecule has 0 saturated carbocycles. The maximum Gasteiger partial charge on any atom is 0.146 e. The van der Waals surface area contributed by atoms with Gasteiger partial charge in [-0.25, -0.2) is 4.39 Å². The maximum absolute atomic E-state index is 13.3. The lowest BCUT2D eigenvalue weighted by atomic mass is 10.0. The zero-order valence-corrected chi connectivity index (χ0v) is 9.55. The average molecular weight is 236 g/mol. The summed E-state index contributed by atoms with van der Waals surface area (Å²) in [6.07, 6.45) is 0. The normalized spacial score (nSPS) is 10.4. The minimum Gasteiger partial charge on any atom is -0.396 e. The molecule has 0 bridgehead atoms. The van der Waals surface area contributed by atoms with E-state index in [1.54, 1.807) is 18.2 Å². The molecule has 0 saturated heterocycles. The van der Waals surface area contributed by atoms with Crippen LogP contribution in [0.4, 0.5) is 10.1 Å². The van der Waals surface area contributed by atoms with E-state index in [4.69, 9.17) is 17.3 Å². The molecule has 0 aromatic heterocycles. The van der Waals surface area contributed by atoms with Crippen LogP contribution in [0.2, 0.25) is 5.02 Å². The van der Waals surface area contributed by atoms with Crippen LogP contribution in [0.15, 0.2) is 36.4 Å². The van der Waals surface area contributed by atoms with Gasteiger partial charge >= 0.3 is 0 Å². The number of benzene rings is 2. The molecule has 2 aromatic rings. The third-order valence-corrected chi connectivity index (χ3v) is 2.94. The van der Waals surface area contributed by atoms with Crippen molar-refractivity contribution in [1.29, 1.82) is 0 Å². The molecule has 16 heavy (non-hydrogen) atoms. The van der Waals surface area contributed by atoms with Gasteiger partial charge in [0.25, 0.3) is 0 Å². The Kier molecular flexibility index (Phi) is 2.84. The fourth-order valence-corrected chi connectivity index (χ4v) is 1.73. The van der Waals surface area contributed by atoms with Crippen molar-refractivity contribution in [3.8, 4) is 11.1 Å². The number of aryl methyl sites for hydroxylation is 1. The fourth-order valence-electron chi connectivity index (χ4n) is 1.55. The molecule has 0 radical (unpaired) electrons. The third-order valence-electron chi connectivity index (χ3n) is 2.54. The summed E-state index contributed by atoms with van der Waals surface area (Å²) in [6, 6.07) is 10.3. The van der Waals surface area contributed by atoms with Crippen molar-refractivity contribution in [1.82, 2.24) is 0 Å². The summed E-state index contributed by atoms with van der Waals surface area (Å²) in [5, 5.41) is 0.654. The molecule has 0 aliphatic rings. The number of nitrogen functional groups attached to an aromatic ring is 1. The smallest absolute Gasteiger partial charge is 0.146 e. The zero-order chi connectivity index (χ0) is 11.7. The predicted molar refractivity (Wildman–Crippen MR) is 66.0 cm³/mol. The van der Waals surface area contributed by atoms with Gasteiger partial charge in [-0.3, -0.25) is 0 Å². The molecule has 2 rings (SSSR count). The van der Waals surface area contributed by atoms with Gasteiger partial charge in [-0.05, 0) is 30.2 Å². The van der Waals surface area contributed by atoms with Crippen LogP contribution in [0.5, 0.6) is 0 Å². The standard InChI is InChI=1S/C13H11ClFN/c1-8-5-6-9(7-11(8)14)10-3-2-4-12(15)13(10)16/h2-7H,16H2,1H3. The molecule has 0 fully saturated rings. The first-order valence-corrected chi connectivity index (χ1v) is 5.28. The van der Waals surface area contributed by atoms with E-state index in [0.717, 1.165) is 11.1 Å². The highest BCUT2D eigenvalue weighted by molar-refractivity contribution is 6.31. The molecule has 0 aliphatic heterocycles. The lowest BCUT2D eigenvalue weighted by molar-refractivity contribution is 0.633. The summed E-state index contributed by atoms with van der Waals surface area (Å²) in [6.45, 7) is 1.92. The van der Waals surface area contributed by atoms with E-state index in [9.17, 15) is 4.39 Å². The fraction of sp³-hybridized carbons (Fsp3) is 0.0769. The Labute approximate surface area is 98.7 Å². The summed E-state index contributed by atoms with van der Waals surface area (Å²) < 4.78 is 13.3. The van der Waals surface area contributed by atoms with E-state index < -0.39 is 5.82 Å². The second-order valence-electron chi connectivity index (χ2n) is 3.67. The predicted octanol–water partition coefficient (Wildman–Crippen LogP) is 4.04. The van der Waals surface area contributed by atoms with Gasteiger partial charge in [-0.1, -0.05) is 35.9 Å². The van der Waals surface area contributed by atoms with Crippen LogP contribution in [0, 0.1) is 12.7 Å². The first-order valence-electron chi connectivity index (χ1n) is 4.90.